The molecule has 7 heteroatoms. The molecule has 26 heavy (non-hydrogen) atoms. The number of halogens is 1. The molecule has 3 aliphatic rings. The highest BCUT2D eigenvalue weighted by atomic mass is 19.1. The van der Waals surface area contributed by atoms with Crippen molar-refractivity contribution in [1.82, 2.24) is 14.7 Å². The monoisotopic (exact) mass is 355 g/mol. The van der Waals surface area contributed by atoms with Crippen molar-refractivity contribution in [3.63, 3.8) is 0 Å². The van der Waals surface area contributed by atoms with Crippen LogP contribution in [0.15, 0.2) is 40.1 Å². The minimum absolute atomic E-state index is 0.121. The van der Waals surface area contributed by atoms with Crippen LogP contribution in [0.1, 0.15) is 22.8 Å². The van der Waals surface area contributed by atoms with Crippen molar-refractivity contribution in [1.29, 1.82) is 0 Å². The van der Waals surface area contributed by atoms with Gasteiger partial charge in [0, 0.05) is 37.8 Å². The molecule has 3 aliphatic heterocycles. The van der Waals surface area contributed by atoms with Crippen LogP contribution in [0.3, 0.4) is 0 Å². The lowest BCUT2D eigenvalue weighted by Crippen LogP contribution is -2.48. The summed E-state index contributed by atoms with van der Waals surface area (Å²) < 4.78 is 13.7. The zero-order valence-electron chi connectivity index (χ0n) is 15.0. The number of rotatable bonds is 2. The van der Waals surface area contributed by atoms with Crippen LogP contribution in [-0.2, 0) is 0 Å². The van der Waals surface area contributed by atoms with Gasteiger partial charge in [0.15, 0.2) is 0 Å². The fraction of sp³-hybridized carbons (Fsp3) is 0.421. The van der Waals surface area contributed by atoms with Gasteiger partial charge in [-0.15, -0.1) is 0 Å². The van der Waals surface area contributed by atoms with Crippen LogP contribution in [0, 0.1) is 12.7 Å². The SMILES string of the molecule is Cc1ccc(C(=O)N2CCN(C3=CC4=NC[C@H](C)N4C=N3)CC2)cc1F. The Labute approximate surface area is 152 Å². The van der Waals surface area contributed by atoms with Crippen LogP contribution in [-0.4, -0.2) is 71.5 Å². The Balaban J connectivity index is 1.40. The Morgan fingerprint density at radius 1 is 1.23 bits per heavy atom. The van der Waals surface area contributed by atoms with Crippen molar-refractivity contribution in [2.45, 2.75) is 19.9 Å². The molecule has 1 saturated heterocycles. The molecule has 0 N–H and O–H groups in total. The van der Waals surface area contributed by atoms with Gasteiger partial charge in [0.2, 0.25) is 0 Å². The molecule has 0 aliphatic carbocycles. The van der Waals surface area contributed by atoms with Crippen molar-refractivity contribution < 1.29 is 9.18 Å². The molecular formula is C19H22FN5O. The van der Waals surface area contributed by atoms with E-state index < -0.39 is 0 Å². The van der Waals surface area contributed by atoms with Crippen LogP contribution in [0.5, 0.6) is 0 Å². The maximum atomic E-state index is 13.7. The third-order valence-corrected chi connectivity index (χ3v) is 5.14. The second kappa shape index (κ2) is 6.55. The van der Waals surface area contributed by atoms with Gasteiger partial charge in [0.25, 0.3) is 5.91 Å². The summed E-state index contributed by atoms with van der Waals surface area (Å²) in [7, 11) is 0. The standard InChI is InChI=1S/C19H22FN5O/c1-13-3-4-15(9-16(13)20)19(26)24-7-5-23(6-8-24)17-10-18-21-11-14(2)25(18)12-22-17/h3-4,9-10,12,14H,5-8,11H2,1-2H3/t14-/m0/s1. The minimum atomic E-state index is -0.340. The number of aryl methyl sites for hydroxylation is 1. The number of benzene rings is 1. The first kappa shape index (κ1) is 16.8. The second-order valence-corrected chi connectivity index (χ2v) is 6.95. The number of hydrogen-bond donors (Lipinski definition) is 0. The Hall–Kier alpha value is -2.70. The van der Waals surface area contributed by atoms with Crippen molar-refractivity contribution in [2.75, 3.05) is 32.7 Å². The molecular weight excluding hydrogens is 333 g/mol. The summed E-state index contributed by atoms with van der Waals surface area (Å²) in [5.74, 6) is 1.39. The number of aliphatic imine (C=N–C) groups is 2. The third-order valence-electron chi connectivity index (χ3n) is 5.14. The number of hydrogen-bond acceptors (Lipinski definition) is 5. The fourth-order valence-corrected chi connectivity index (χ4v) is 3.41. The van der Waals surface area contributed by atoms with Crippen LogP contribution in [0.2, 0.25) is 0 Å². The molecule has 1 fully saturated rings. The van der Waals surface area contributed by atoms with Crippen molar-refractivity contribution in [3.05, 3.63) is 47.0 Å². The van der Waals surface area contributed by atoms with E-state index in [0.29, 0.717) is 43.3 Å². The van der Waals surface area contributed by atoms with Gasteiger partial charge in [-0.25, -0.2) is 9.38 Å². The van der Waals surface area contributed by atoms with Crippen molar-refractivity contribution >= 4 is 18.1 Å². The number of nitrogens with zero attached hydrogens (tertiary/aromatic N) is 5. The molecule has 1 aromatic rings. The van der Waals surface area contributed by atoms with Crippen molar-refractivity contribution in [2.24, 2.45) is 9.98 Å². The van der Waals surface area contributed by atoms with Gasteiger partial charge < -0.3 is 14.7 Å². The maximum absolute atomic E-state index is 13.7. The molecule has 6 nitrogen and oxygen atoms in total. The first-order valence-corrected chi connectivity index (χ1v) is 8.92. The highest BCUT2D eigenvalue weighted by molar-refractivity contribution is 6.03. The van der Waals surface area contributed by atoms with Gasteiger partial charge >= 0.3 is 0 Å². The number of amides is 1. The molecule has 0 aromatic heterocycles. The number of carbonyl (C=O) groups is 1. The molecule has 1 amide bonds. The number of fused-ring (bicyclic) bond motifs is 1. The Bertz CT molecular complexity index is 823. The summed E-state index contributed by atoms with van der Waals surface area (Å²) in [6.07, 6.45) is 3.86. The number of amidine groups is 1. The number of carbonyl (C=O) groups excluding carboxylic acids is 1. The Morgan fingerprint density at radius 3 is 2.73 bits per heavy atom. The molecule has 0 bridgehead atoms. The zero-order valence-corrected chi connectivity index (χ0v) is 15.0. The molecule has 1 aromatic carbocycles. The third kappa shape index (κ3) is 2.98. The molecule has 3 heterocycles. The summed E-state index contributed by atoms with van der Waals surface area (Å²) in [5.41, 5.74) is 0.952. The van der Waals surface area contributed by atoms with Crippen molar-refractivity contribution in [3.8, 4) is 0 Å². The predicted octanol–water partition coefficient (Wildman–Crippen LogP) is 1.88. The van der Waals surface area contributed by atoms with E-state index in [1.165, 1.54) is 6.07 Å². The first-order chi connectivity index (χ1) is 12.5. The van der Waals surface area contributed by atoms with Gasteiger partial charge in [0.1, 0.15) is 17.5 Å². The quantitative estimate of drug-likeness (QED) is 0.814. The highest BCUT2D eigenvalue weighted by Gasteiger charge is 2.28. The number of piperazine rings is 1. The van der Waals surface area contributed by atoms with E-state index in [1.807, 2.05) is 12.4 Å². The molecule has 0 radical (unpaired) electrons. The van der Waals surface area contributed by atoms with E-state index >= 15 is 0 Å². The summed E-state index contributed by atoms with van der Waals surface area (Å²) in [5, 5.41) is 0. The van der Waals surface area contributed by atoms with E-state index in [2.05, 4.69) is 26.7 Å². The van der Waals surface area contributed by atoms with Gasteiger partial charge in [-0.2, -0.15) is 0 Å². The van der Waals surface area contributed by atoms with Crippen LogP contribution >= 0.6 is 0 Å². The van der Waals surface area contributed by atoms with Crippen LogP contribution < -0.4 is 0 Å². The van der Waals surface area contributed by atoms with Gasteiger partial charge in [0.05, 0.1) is 18.9 Å². The van der Waals surface area contributed by atoms with E-state index in [-0.39, 0.29) is 11.7 Å². The highest BCUT2D eigenvalue weighted by Crippen LogP contribution is 2.20. The van der Waals surface area contributed by atoms with Gasteiger partial charge in [-0.3, -0.25) is 9.79 Å². The average molecular weight is 355 g/mol. The first-order valence-electron chi connectivity index (χ1n) is 8.92. The summed E-state index contributed by atoms with van der Waals surface area (Å²) >= 11 is 0. The molecule has 0 spiro atoms. The summed E-state index contributed by atoms with van der Waals surface area (Å²) in [6.45, 7) is 7.19. The lowest BCUT2D eigenvalue weighted by atomic mass is 10.1. The molecule has 1 atom stereocenters. The van der Waals surface area contributed by atoms with Crippen LogP contribution in [0.4, 0.5) is 4.39 Å². The maximum Gasteiger partial charge on any atom is 0.254 e. The normalized spacial score (nSPS) is 22.3. The van der Waals surface area contributed by atoms with E-state index in [0.717, 1.165) is 18.2 Å². The lowest BCUT2D eigenvalue weighted by molar-refractivity contribution is 0.0668. The topological polar surface area (TPSA) is 51.5 Å². The fourth-order valence-electron chi connectivity index (χ4n) is 3.41. The molecule has 0 saturated carbocycles. The minimum Gasteiger partial charge on any atom is -0.353 e. The summed E-state index contributed by atoms with van der Waals surface area (Å²) in [6, 6.07) is 5.02. The average Bonchev–Trinajstić information content (AvgIpc) is 3.04. The molecule has 0 unspecified atom stereocenters. The molecule has 4 rings (SSSR count). The van der Waals surface area contributed by atoms with Gasteiger partial charge in [-0.1, -0.05) is 6.07 Å². The summed E-state index contributed by atoms with van der Waals surface area (Å²) in [4.78, 5) is 27.7. The van der Waals surface area contributed by atoms with Gasteiger partial charge in [-0.05, 0) is 31.5 Å². The Morgan fingerprint density at radius 2 is 2.00 bits per heavy atom. The van der Waals surface area contributed by atoms with Crippen LogP contribution in [0.25, 0.3) is 0 Å². The smallest absolute Gasteiger partial charge is 0.254 e. The zero-order chi connectivity index (χ0) is 18.3. The largest absolute Gasteiger partial charge is 0.353 e. The van der Waals surface area contributed by atoms with E-state index in [4.69, 9.17) is 0 Å². The van der Waals surface area contributed by atoms with E-state index in [1.54, 1.807) is 24.0 Å². The predicted molar refractivity (Wildman–Crippen MR) is 98.8 cm³/mol. The lowest BCUT2D eigenvalue weighted by Gasteiger charge is -2.37. The molecule has 136 valence electrons. The van der Waals surface area contributed by atoms with E-state index in [9.17, 15) is 9.18 Å². The Kier molecular flexibility index (Phi) is 4.22. The second-order valence-electron chi connectivity index (χ2n) is 6.95.